The summed E-state index contributed by atoms with van der Waals surface area (Å²) in [6.45, 7) is 4.31. The zero-order chi connectivity index (χ0) is 27.8. The summed E-state index contributed by atoms with van der Waals surface area (Å²) >= 11 is 9.62. The molecule has 3 aromatic rings. The molecule has 2 N–H and O–H groups in total. The minimum absolute atomic E-state index is 0.0225. The highest BCUT2D eigenvalue weighted by Crippen LogP contribution is 2.47. The number of halogens is 3. The normalized spacial score (nSPS) is 17.3. The van der Waals surface area contributed by atoms with Gasteiger partial charge in [0.05, 0.1) is 27.1 Å². The first-order chi connectivity index (χ1) is 18.7. The molecule has 0 aromatic heterocycles. The van der Waals surface area contributed by atoms with Gasteiger partial charge in [0, 0.05) is 23.4 Å². The van der Waals surface area contributed by atoms with Crippen LogP contribution in [0.3, 0.4) is 0 Å². The van der Waals surface area contributed by atoms with Gasteiger partial charge >= 0.3 is 0 Å². The van der Waals surface area contributed by atoms with Gasteiger partial charge in [-0.2, -0.15) is 5.26 Å². The number of nitrogens with two attached hydrogens (primary N) is 1. The molecule has 1 atom stereocenters. The summed E-state index contributed by atoms with van der Waals surface area (Å²) in [5, 5.41) is 10.3. The third-order valence-electron chi connectivity index (χ3n) is 7.33. The summed E-state index contributed by atoms with van der Waals surface area (Å²) in [6, 6.07) is 18.3. The summed E-state index contributed by atoms with van der Waals surface area (Å²) < 4.78 is 20.9. The maximum Gasteiger partial charge on any atom is 0.161 e. The summed E-state index contributed by atoms with van der Waals surface area (Å²) in [5.41, 5.74) is 12.5. The Balaban J connectivity index is 1.64. The van der Waals surface area contributed by atoms with Gasteiger partial charge < -0.3 is 10.5 Å². The van der Waals surface area contributed by atoms with E-state index in [1.165, 1.54) is 12.1 Å². The van der Waals surface area contributed by atoms with Gasteiger partial charge in [-0.3, -0.25) is 9.69 Å². The van der Waals surface area contributed by atoms with E-state index in [1.54, 1.807) is 11.0 Å². The van der Waals surface area contributed by atoms with Crippen molar-refractivity contribution in [1.82, 2.24) is 0 Å². The molecule has 39 heavy (non-hydrogen) atoms. The van der Waals surface area contributed by atoms with E-state index in [1.807, 2.05) is 44.2 Å². The van der Waals surface area contributed by atoms with Gasteiger partial charge in [0.2, 0.25) is 0 Å². The standard InChI is InChI=1S/C31H26BrClFN3O2/c1-17-12-18(2)21(13-19(17)16-39-28-9-4-3-6-23(28)32)29-22(15-35)31(36)37(20-10-11-25(34)24(33)14-20)26-7-5-8-27(38)30(26)29/h3-4,6,9-14,29H,5,7-8,16,36H2,1-2H3. The van der Waals surface area contributed by atoms with Crippen LogP contribution in [0.15, 0.2) is 81.7 Å². The van der Waals surface area contributed by atoms with E-state index < -0.39 is 11.7 Å². The summed E-state index contributed by atoms with van der Waals surface area (Å²) in [7, 11) is 0. The molecule has 1 aliphatic heterocycles. The van der Waals surface area contributed by atoms with E-state index in [0.29, 0.717) is 37.1 Å². The topological polar surface area (TPSA) is 79.4 Å². The van der Waals surface area contributed by atoms with Crippen molar-refractivity contribution in [2.75, 3.05) is 4.90 Å². The quantitative estimate of drug-likeness (QED) is 0.321. The molecule has 198 valence electrons. The maximum absolute atomic E-state index is 14.0. The Hall–Kier alpha value is -3.60. The molecule has 0 fully saturated rings. The first-order valence-electron chi connectivity index (χ1n) is 12.6. The lowest BCUT2D eigenvalue weighted by Gasteiger charge is -2.40. The van der Waals surface area contributed by atoms with E-state index in [0.717, 1.165) is 38.2 Å². The van der Waals surface area contributed by atoms with Crippen LogP contribution in [0, 0.1) is 31.0 Å². The number of carbonyl (C=O) groups excluding carboxylic acids is 1. The van der Waals surface area contributed by atoms with Crippen molar-refractivity contribution < 1.29 is 13.9 Å². The minimum atomic E-state index is -0.618. The van der Waals surface area contributed by atoms with Crippen LogP contribution in [0.1, 0.15) is 47.4 Å². The second-order valence-electron chi connectivity index (χ2n) is 9.77. The zero-order valence-corrected chi connectivity index (χ0v) is 23.9. The Bertz CT molecular complexity index is 1610. The monoisotopic (exact) mass is 605 g/mol. The van der Waals surface area contributed by atoms with Crippen LogP contribution in [0.2, 0.25) is 5.02 Å². The molecule has 0 spiro atoms. The summed E-state index contributed by atoms with van der Waals surface area (Å²) in [6.07, 6.45) is 1.63. The van der Waals surface area contributed by atoms with E-state index in [9.17, 15) is 14.4 Å². The van der Waals surface area contributed by atoms with Crippen molar-refractivity contribution in [3.8, 4) is 11.8 Å². The number of aryl methyl sites for hydroxylation is 2. The lowest BCUT2D eigenvalue weighted by molar-refractivity contribution is -0.116. The van der Waals surface area contributed by atoms with Crippen molar-refractivity contribution >= 4 is 39.0 Å². The number of ether oxygens (including phenoxy) is 1. The second-order valence-corrected chi connectivity index (χ2v) is 11.0. The Kier molecular flexibility index (Phi) is 7.53. The van der Waals surface area contributed by atoms with Gasteiger partial charge in [0.15, 0.2) is 5.78 Å². The third-order valence-corrected chi connectivity index (χ3v) is 8.27. The minimum Gasteiger partial charge on any atom is -0.488 e. The van der Waals surface area contributed by atoms with Crippen LogP contribution in [0.25, 0.3) is 0 Å². The molecular formula is C31H26BrClFN3O2. The molecule has 3 aromatic carbocycles. The predicted octanol–water partition coefficient (Wildman–Crippen LogP) is 7.74. The average Bonchev–Trinajstić information content (AvgIpc) is 2.90. The van der Waals surface area contributed by atoms with Crippen molar-refractivity contribution in [2.24, 2.45) is 5.73 Å². The van der Waals surface area contributed by atoms with E-state index in [-0.39, 0.29) is 22.2 Å². The number of anilines is 1. The largest absolute Gasteiger partial charge is 0.488 e. The van der Waals surface area contributed by atoms with Gasteiger partial charge in [-0.05, 0) is 95.2 Å². The fraction of sp³-hybridized carbons (Fsp3) is 0.226. The molecular weight excluding hydrogens is 581 g/mol. The molecule has 1 aliphatic carbocycles. The number of rotatable bonds is 5. The molecule has 8 heteroatoms. The molecule has 0 saturated carbocycles. The molecule has 5 nitrogen and oxygen atoms in total. The number of nitriles is 1. The maximum atomic E-state index is 14.0. The SMILES string of the molecule is Cc1cc(C)c(C2C(C#N)=C(N)N(c3ccc(F)c(Cl)c3)C3=C2C(=O)CCC3)cc1COc1ccccc1Br. The van der Waals surface area contributed by atoms with Crippen LogP contribution in [-0.2, 0) is 11.4 Å². The number of nitrogens with zero attached hydrogens (tertiary/aromatic N) is 2. The summed E-state index contributed by atoms with van der Waals surface area (Å²) in [4.78, 5) is 15.2. The number of para-hydroxylation sites is 1. The molecule has 0 radical (unpaired) electrons. The number of Topliss-reactive ketones (excluding diaryl/α,β-unsaturated/α-hetero) is 1. The van der Waals surface area contributed by atoms with E-state index >= 15 is 0 Å². The van der Waals surface area contributed by atoms with Gasteiger partial charge in [-0.15, -0.1) is 0 Å². The molecule has 0 bridgehead atoms. The molecule has 5 rings (SSSR count). The lowest BCUT2D eigenvalue weighted by Crippen LogP contribution is -2.39. The smallest absolute Gasteiger partial charge is 0.161 e. The number of hydrogen-bond donors (Lipinski definition) is 1. The predicted molar refractivity (Wildman–Crippen MR) is 154 cm³/mol. The number of benzene rings is 3. The number of carbonyl (C=O) groups is 1. The Morgan fingerprint density at radius 3 is 2.64 bits per heavy atom. The second kappa shape index (κ2) is 10.9. The van der Waals surface area contributed by atoms with Gasteiger partial charge in [-0.25, -0.2) is 4.39 Å². The number of allylic oxidation sites excluding steroid dienone is 3. The first-order valence-corrected chi connectivity index (χ1v) is 13.8. The van der Waals surface area contributed by atoms with Crippen LogP contribution in [0.5, 0.6) is 5.75 Å². The van der Waals surface area contributed by atoms with Crippen molar-refractivity contribution in [1.29, 1.82) is 5.26 Å². The molecule has 2 aliphatic rings. The Morgan fingerprint density at radius 2 is 1.92 bits per heavy atom. The number of hydrogen-bond acceptors (Lipinski definition) is 5. The van der Waals surface area contributed by atoms with Crippen molar-refractivity contribution in [3.05, 3.63) is 115 Å². The van der Waals surface area contributed by atoms with Gasteiger partial charge in [-0.1, -0.05) is 35.9 Å². The molecule has 1 heterocycles. The van der Waals surface area contributed by atoms with E-state index in [2.05, 4.69) is 28.1 Å². The Labute approximate surface area is 240 Å². The highest BCUT2D eigenvalue weighted by atomic mass is 79.9. The van der Waals surface area contributed by atoms with Crippen LogP contribution in [0.4, 0.5) is 10.1 Å². The average molecular weight is 607 g/mol. The van der Waals surface area contributed by atoms with Crippen molar-refractivity contribution in [2.45, 2.75) is 45.6 Å². The zero-order valence-electron chi connectivity index (χ0n) is 21.5. The molecule has 0 amide bonds. The number of ketones is 1. The van der Waals surface area contributed by atoms with Crippen LogP contribution in [-0.4, -0.2) is 5.78 Å². The van der Waals surface area contributed by atoms with Crippen LogP contribution < -0.4 is 15.4 Å². The lowest BCUT2D eigenvalue weighted by atomic mass is 9.74. The first kappa shape index (κ1) is 27.0. The summed E-state index contributed by atoms with van der Waals surface area (Å²) in [5.74, 6) is -0.262. The third kappa shape index (κ3) is 4.95. The van der Waals surface area contributed by atoms with Crippen molar-refractivity contribution in [3.63, 3.8) is 0 Å². The van der Waals surface area contributed by atoms with Gasteiger partial charge in [0.1, 0.15) is 24.0 Å². The molecule has 1 unspecified atom stereocenters. The fourth-order valence-corrected chi connectivity index (χ4v) is 5.99. The molecule has 0 saturated heterocycles. The Morgan fingerprint density at radius 1 is 1.15 bits per heavy atom. The van der Waals surface area contributed by atoms with Crippen LogP contribution >= 0.6 is 27.5 Å². The fourth-order valence-electron chi connectivity index (χ4n) is 5.42. The highest BCUT2D eigenvalue weighted by molar-refractivity contribution is 9.10. The van der Waals surface area contributed by atoms with Gasteiger partial charge in [0.25, 0.3) is 0 Å². The van der Waals surface area contributed by atoms with E-state index in [4.69, 9.17) is 22.1 Å². The highest BCUT2D eigenvalue weighted by Gasteiger charge is 2.41.